The van der Waals surface area contributed by atoms with Crippen molar-refractivity contribution in [3.05, 3.63) is 88.9 Å². The molecule has 0 bridgehead atoms. The molecule has 0 aliphatic heterocycles. The summed E-state index contributed by atoms with van der Waals surface area (Å²) in [5, 5.41) is 3.22. The van der Waals surface area contributed by atoms with Crippen LogP contribution >= 0.6 is 11.6 Å². The third kappa shape index (κ3) is 6.72. The van der Waals surface area contributed by atoms with E-state index in [0.29, 0.717) is 22.9 Å². The number of amides is 1. The maximum atomic E-state index is 13.3. The molecule has 0 radical (unpaired) electrons. The molecule has 3 aromatic carbocycles. The Kier molecular flexibility index (Phi) is 8.92. The molecule has 0 heterocycles. The van der Waals surface area contributed by atoms with Crippen molar-refractivity contribution in [2.24, 2.45) is 0 Å². The van der Waals surface area contributed by atoms with Gasteiger partial charge in [0.1, 0.15) is 0 Å². The van der Waals surface area contributed by atoms with Crippen molar-refractivity contribution in [3.63, 3.8) is 0 Å². The molecule has 0 atom stereocenters. The van der Waals surface area contributed by atoms with Gasteiger partial charge in [0, 0.05) is 18.1 Å². The molecule has 180 valence electrons. The summed E-state index contributed by atoms with van der Waals surface area (Å²) >= 11 is 5.92. The Morgan fingerprint density at radius 2 is 1.59 bits per heavy atom. The van der Waals surface area contributed by atoms with E-state index in [-0.39, 0.29) is 24.5 Å². The molecule has 0 unspecified atom stereocenters. The topological polar surface area (TPSA) is 84.9 Å². The minimum atomic E-state index is -3.91. The molecule has 0 saturated heterocycles. The lowest BCUT2D eigenvalue weighted by atomic mass is 10.1. The molecule has 3 aromatic rings. The molecule has 0 aliphatic rings. The highest BCUT2D eigenvalue weighted by atomic mass is 35.5. The smallest absolute Gasteiger partial charge is 0.243 e. The minimum absolute atomic E-state index is 0.0812. The van der Waals surface area contributed by atoms with Gasteiger partial charge in [-0.25, -0.2) is 8.42 Å². The largest absolute Gasteiger partial charge is 0.493 e. The van der Waals surface area contributed by atoms with Gasteiger partial charge < -0.3 is 14.8 Å². The highest BCUT2D eigenvalue weighted by Crippen LogP contribution is 2.27. The third-order valence-electron chi connectivity index (χ3n) is 5.20. The third-order valence-corrected chi connectivity index (χ3v) is 7.31. The van der Waals surface area contributed by atoms with Gasteiger partial charge in [0.25, 0.3) is 0 Å². The second kappa shape index (κ2) is 11.9. The average Bonchev–Trinajstić information content (AvgIpc) is 2.85. The highest BCUT2D eigenvalue weighted by Gasteiger charge is 2.26. The van der Waals surface area contributed by atoms with Crippen LogP contribution in [0.4, 0.5) is 0 Å². The predicted molar refractivity (Wildman–Crippen MR) is 132 cm³/mol. The van der Waals surface area contributed by atoms with Gasteiger partial charge >= 0.3 is 0 Å². The first kappa shape index (κ1) is 25.6. The Morgan fingerprint density at radius 3 is 2.24 bits per heavy atom. The molecule has 0 saturated carbocycles. The summed E-state index contributed by atoms with van der Waals surface area (Å²) in [6.07, 6.45) is 0.469. The fourth-order valence-corrected chi connectivity index (χ4v) is 4.87. The van der Waals surface area contributed by atoms with Crippen molar-refractivity contribution >= 4 is 27.5 Å². The quantitative estimate of drug-likeness (QED) is 0.430. The first-order chi connectivity index (χ1) is 16.3. The fourth-order valence-electron chi connectivity index (χ4n) is 3.35. The second-order valence-electron chi connectivity index (χ2n) is 7.49. The molecule has 0 aromatic heterocycles. The van der Waals surface area contributed by atoms with Crippen LogP contribution in [0.5, 0.6) is 11.5 Å². The number of nitrogens with zero attached hydrogens (tertiary/aromatic N) is 1. The van der Waals surface area contributed by atoms with Crippen LogP contribution in [0.1, 0.15) is 11.1 Å². The molecule has 3 rings (SSSR count). The number of ether oxygens (including phenoxy) is 2. The van der Waals surface area contributed by atoms with Crippen LogP contribution in [-0.2, 0) is 27.8 Å². The van der Waals surface area contributed by atoms with Gasteiger partial charge in [0.05, 0.1) is 25.7 Å². The fraction of sp³-hybridized carbons (Fsp3) is 0.240. The van der Waals surface area contributed by atoms with Gasteiger partial charge in [0.15, 0.2) is 11.5 Å². The number of methoxy groups -OCH3 is 2. The molecule has 34 heavy (non-hydrogen) atoms. The SMILES string of the molecule is COc1ccc(CNC(=O)CN(CCc2ccccc2)S(=O)(=O)c2ccc(Cl)cc2)cc1OC. The summed E-state index contributed by atoms with van der Waals surface area (Å²) < 4.78 is 38.3. The van der Waals surface area contributed by atoms with Gasteiger partial charge in [-0.2, -0.15) is 4.31 Å². The summed E-state index contributed by atoms with van der Waals surface area (Å²) in [5.74, 6) is 0.711. The molecular formula is C25H27ClN2O5S. The van der Waals surface area contributed by atoms with Gasteiger partial charge in [-0.15, -0.1) is 0 Å². The number of carbonyl (C=O) groups is 1. The summed E-state index contributed by atoms with van der Waals surface area (Å²) in [6.45, 7) is 0.0521. The molecule has 1 amide bonds. The summed E-state index contributed by atoms with van der Waals surface area (Å²) in [4.78, 5) is 12.8. The summed E-state index contributed by atoms with van der Waals surface area (Å²) in [7, 11) is -0.828. The Bertz CT molecular complexity index is 1200. The van der Waals surface area contributed by atoms with E-state index < -0.39 is 15.9 Å². The Hall–Kier alpha value is -3.07. The van der Waals surface area contributed by atoms with E-state index in [1.165, 1.54) is 35.7 Å². The minimum Gasteiger partial charge on any atom is -0.493 e. The first-order valence-corrected chi connectivity index (χ1v) is 12.4. The molecule has 1 N–H and O–H groups in total. The lowest BCUT2D eigenvalue weighted by Crippen LogP contribution is -2.41. The van der Waals surface area contributed by atoms with Crippen molar-refractivity contribution in [3.8, 4) is 11.5 Å². The van der Waals surface area contributed by atoms with Crippen LogP contribution < -0.4 is 14.8 Å². The van der Waals surface area contributed by atoms with Gasteiger partial charge in [-0.1, -0.05) is 48.0 Å². The van der Waals surface area contributed by atoms with Crippen molar-refractivity contribution in [1.29, 1.82) is 0 Å². The van der Waals surface area contributed by atoms with E-state index in [0.717, 1.165) is 11.1 Å². The molecule has 0 spiro atoms. The number of carbonyl (C=O) groups excluding carboxylic acids is 1. The lowest BCUT2D eigenvalue weighted by Gasteiger charge is -2.22. The zero-order chi connectivity index (χ0) is 24.6. The lowest BCUT2D eigenvalue weighted by molar-refractivity contribution is -0.121. The number of rotatable bonds is 11. The Labute approximate surface area is 205 Å². The summed E-state index contributed by atoms with van der Waals surface area (Å²) in [5.41, 5.74) is 1.77. The molecule has 7 nitrogen and oxygen atoms in total. The normalized spacial score (nSPS) is 11.3. The van der Waals surface area contributed by atoms with Gasteiger partial charge in [-0.05, 0) is 53.9 Å². The molecule has 0 fully saturated rings. The second-order valence-corrected chi connectivity index (χ2v) is 9.87. The van der Waals surface area contributed by atoms with Crippen LogP contribution in [-0.4, -0.2) is 45.9 Å². The first-order valence-electron chi connectivity index (χ1n) is 10.6. The van der Waals surface area contributed by atoms with Crippen LogP contribution in [0.3, 0.4) is 0 Å². The maximum Gasteiger partial charge on any atom is 0.243 e. The van der Waals surface area contributed by atoms with E-state index in [1.807, 2.05) is 30.3 Å². The average molecular weight is 503 g/mol. The van der Waals surface area contributed by atoms with Crippen LogP contribution in [0, 0.1) is 0 Å². The Balaban J connectivity index is 1.73. The van der Waals surface area contributed by atoms with Gasteiger partial charge in [0.2, 0.25) is 15.9 Å². The van der Waals surface area contributed by atoms with E-state index >= 15 is 0 Å². The van der Waals surface area contributed by atoms with E-state index in [9.17, 15) is 13.2 Å². The molecule has 9 heteroatoms. The van der Waals surface area contributed by atoms with Crippen LogP contribution in [0.15, 0.2) is 77.7 Å². The van der Waals surface area contributed by atoms with E-state index in [2.05, 4.69) is 5.32 Å². The number of halogens is 1. The number of nitrogens with one attached hydrogen (secondary N) is 1. The van der Waals surface area contributed by atoms with E-state index in [1.54, 1.807) is 25.3 Å². The number of benzene rings is 3. The van der Waals surface area contributed by atoms with Crippen molar-refractivity contribution in [2.75, 3.05) is 27.3 Å². The van der Waals surface area contributed by atoms with Crippen molar-refractivity contribution < 1.29 is 22.7 Å². The highest BCUT2D eigenvalue weighted by molar-refractivity contribution is 7.89. The Morgan fingerprint density at radius 1 is 0.912 bits per heavy atom. The number of hydrogen-bond acceptors (Lipinski definition) is 5. The van der Waals surface area contributed by atoms with Crippen molar-refractivity contribution in [1.82, 2.24) is 9.62 Å². The van der Waals surface area contributed by atoms with Crippen LogP contribution in [0.25, 0.3) is 0 Å². The van der Waals surface area contributed by atoms with Crippen molar-refractivity contribution in [2.45, 2.75) is 17.9 Å². The maximum absolute atomic E-state index is 13.3. The zero-order valence-corrected chi connectivity index (χ0v) is 20.6. The van der Waals surface area contributed by atoms with E-state index in [4.69, 9.17) is 21.1 Å². The van der Waals surface area contributed by atoms with Crippen LogP contribution in [0.2, 0.25) is 5.02 Å². The monoisotopic (exact) mass is 502 g/mol. The standard InChI is InChI=1S/C25H27ClN2O5S/c1-32-23-13-8-20(16-24(23)33-2)17-27-25(29)18-28(15-14-19-6-4-3-5-7-19)34(30,31)22-11-9-21(26)10-12-22/h3-13,16H,14-15,17-18H2,1-2H3,(H,27,29). The van der Waals surface area contributed by atoms with Gasteiger partial charge in [-0.3, -0.25) is 4.79 Å². The number of hydrogen-bond donors (Lipinski definition) is 1. The molecular weight excluding hydrogens is 476 g/mol. The molecule has 0 aliphatic carbocycles. The predicted octanol–water partition coefficient (Wildman–Crippen LogP) is 3.91. The number of sulfonamides is 1. The summed E-state index contributed by atoms with van der Waals surface area (Å²) in [6, 6.07) is 20.7. The zero-order valence-electron chi connectivity index (χ0n) is 19.0.